The van der Waals surface area contributed by atoms with Crippen LogP contribution >= 0.6 is 0 Å². The van der Waals surface area contributed by atoms with Gasteiger partial charge in [-0.1, -0.05) is 6.92 Å². The van der Waals surface area contributed by atoms with Gasteiger partial charge in [0.2, 0.25) is 0 Å². The van der Waals surface area contributed by atoms with Crippen LogP contribution in [0, 0.1) is 0 Å². The molecule has 1 aliphatic rings. The number of hydrogen-bond donors (Lipinski definition) is 0. The Morgan fingerprint density at radius 1 is 0.882 bits per heavy atom. The maximum Gasteiger partial charge on any atom is 0.170 e. The molecule has 0 aromatic carbocycles. The van der Waals surface area contributed by atoms with Crippen LogP contribution in [0.25, 0.3) is 0 Å². The van der Waals surface area contributed by atoms with E-state index in [0.29, 0.717) is 0 Å². The number of hydrogen-bond acceptors (Lipinski definition) is 4. The standard InChI is InChI=1S/C13H28N2O2/c1-4-7-14-8-10-15(11-9-14)12-13(16-5-2)17-6-3/h13H,4-12H2,1-3H3. The molecule has 0 aromatic rings. The molecule has 0 radical (unpaired) electrons. The van der Waals surface area contributed by atoms with E-state index in [0.717, 1.165) is 32.8 Å². The smallest absolute Gasteiger partial charge is 0.170 e. The molecule has 0 aliphatic carbocycles. The van der Waals surface area contributed by atoms with Crippen molar-refractivity contribution >= 4 is 0 Å². The normalized spacial score (nSPS) is 19.1. The van der Waals surface area contributed by atoms with Gasteiger partial charge in [0.1, 0.15) is 0 Å². The minimum absolute atomic E-state index is 0.0530. The number of piperazine rings is 1. The third-order valence-electron chi connectivity index (χ3n) is 3.12. The lowest BCUT2D eigenvalue weighted by Gasteiger charge is -2.36. The van der Waals surface area contributed by atoms with Crippen molar-refractivity contribution in [3.63, 3.8) is 0 Å². The lowest BCUT2D eigenvalue weighted by Crippen LogP contribution is -2.49. The van der Waals surface area contributed by atoms with Crippen molar-refractivity contribution in [3.8, 4) is 0 Å². The molecule has 0 saturated carbocycles. The third kappa shape index (κ3) is 5.82. The SMILES string of the molecule is CCCN1CCN(CC(OCC)OCC)CC1. The number of ether oxygens (including phenoxy) is 2. The average molecular weight is 244 g/mol. The summed E-state index contributed by atoms with van der Waals surface area (Å²) in [4.78, 5) is 4.98. The molecule has 0 atom stereocenters. The fourth-order valence-corrected chi connectivity index (χ4v) is 2.25. The Kier molecular flexibility index (Phi) is 7.77. The van der Waals surface area contributed by atoms with E-state index in [2.05, 4.69) is 16.7 Å². The van der Waals surface area contributed by atoms with Crippen LogP contribution in [0.2, 0.25) is 0 Å². The van der Waals surface area contributed by atoms with E-state index in [1.807, 2.05) is 13.8 Å². The summed E-state index contributed by atoms with van der Waals surface area (Å²) in [5.74, 6) is 0. The fourth-order valence-electron chi connectivity index (χ4n) is 2.25. The van der Waals surface area contributed by atoms with Crippen LogP contribution < -0.4 is 0 Å². The summed E-state index contributed by atoms with van der Waals surface area (Å²) in [6.07, 6.45) is 1.20. The molecule has 17 heavy (non-hydrogen) atoms. The van der Waals surface area contributed by atoms with Gasteiger partial charge in [-0.3, -0.25) is 4.90 Å². The van der Waals surface area contributed by atoms with Crippen LogP contribution in [0.3, 0.4) is 0 Å². The van der Waals surface area contributed by atoms with Crippen molar-refractivity contribution in [2.24, 2.45) is 0 Å². The van der Waals surface area contributed by atoms with Crippen LogP contribution in [-0.4, -0.2) is 68.6 Å². The molecule has 1 rings (SSSR count). The minimum atomic E-state index is -0.0530. The van der Waals surface area contributed by atoms with E-state index >= 15 is 0 Å². The highest BCUT2D eigenvalue weighted by Crippen LogP contribution is 2.05. The van der Waals surface area contributed by atoms with Gasteiger partial charge in [0, 0.05) is 45.9 Å². The van der Waals surface area contributed by atoms with E-state index in [1.54, 1.807) is 0 Å². The number of nitrogens with zero attached hydrogens (tertiary/aromatic N) is 2. The summed E-state index contributed by atoms with van der Waals surface area (Å²) < 4.78 is 11.2. The zero-order valence-corrected chi connectivity index (χ0v) is 11.7. The van der Waals surface area contributed by atoms with E-state index in [1.165, 1.54) is 26.1 Å². The van der Waals surface area contributed by atoms with Crippen molar-refractivity contribution < 1.29 is 9.47 Å². The monoisotopic (exact) mass is 244 g/mol. The summed E-state index contributed by atoms with van der Waals surface area (Å²) in [5, 5.41) is 0. The van der Waals surface area contributed by atoms with Crippen molar-refractivity contribution in [3.05, 3.63) is 0 Å². The summed E-state index contributed by atoms with van der Waals surface area (Å²) in [6, 6.07) is 0. The first-order valence-corrected chi connectivity index (χ1v) is 6.98. The van der Waals surface area contributed by atoms with Gasteiger partial charge in [-0.2, -0.15) is 0 Å². The Balaban J connectivity index is 2.22. The van der Waals surface area contributed by atoms with Crippen LogP contribution in [0.4, 0.5) is 0 Å². The molecule has 0 spiro atoms. The van der Waals surface area contributed by atoms with Crippen molar-refractivity contribution in [1.29, 1.82) is 0 Å². The van der Waals surface area contributed by atoms with E-state index < -0.39 is 0 Å². The van der Waals surface area contributed by atoms with Crippen LogP contribution in [0.5, 0.6) is 0 Å². The van der Waals surface area contributed by atoms with Gasteiger partial charge in [0.05, 0.1) is 0 Å². The highest BCUT2D eigenvalue weighted by atomic mass is 16.7. The molecule has 0 N–H and O–H groups in total. The molecule has 1 aliphatic heterocycles. The Morgan fingerprint density at radius 2 is 1.41 bits per heavy atom. The topological polar surface area (TPSA) is 24.9 Å². The quantitative estimate of drug-likeness (QED) is 0.603. The first-order valence-electron chi connectivity index (χ1n) is 6.98. The molecule has 4 heteroatoms. The molecule has 102 valence electrons. The van der Waals surface area contributed by atoms with Gasteiger partial charge in [-0.05, 0) is 26.8 Å². The van der Waals surface area contributed by atoms with Crippen LogP contribution in [0.15, 0.2) is 0 Å². The Hall–Kier alpha value is -0.160. The molecular weight excluding hydrogens is 216 g/mol. The largest absolute Gasteiger partial charge is 0.352 e. The maximum atomic E-state index is 5.58. The van der Waals surface area contributed by atoms with Gasteiger partial charge in [0.25, 0.3) is 0 Å². The second-order valence-corrected chi connectivity index (χ2v) is 4.48. The van der Waals surface area contributed by atoms with Crippen LogP contribution in [0.1, 0.15) is 27.2 Å². The lowest BCUT2D eigenvalue weighted by molar-refractivity contribution is -0.149. The molecule has 1 fully saturated rings. The van der Waals surface area contributed by atoms with Crippen molar-refractivity contribution in [1.82, 2.24) is 9.80 Å². The van der Waals surface area contributed by atoms with Crippen molar-refractivity contribution in [2.45, 2.75) is 33.5 Å². The predicted octanol–water partition coefficient (Wildman–Crippen LogP) is 1.41. The molecule has 0 bridgehead atoms. The minimum Gasteiger partial charge on any atom is -0.352 e. The second-order valence-electron chi connectivity index (χ2n) is 4.48. The lowest BCUT2D eigenvalue weighted by atomic mass is 10.3. The van der Waals surface area contributed by atoms with E-state index in [9.17, 15) is 0 Å². The molecule has 0 unspecified atom stereocenters. The Bertz CT molecular complexity index is 176. The highest BCUT2D eigenvalue weighted by Gasteiger charge is 2.19. The second kappa shape index (κ2) is 8.86. The first-order chi connectivity index (χ1) is 8.30. The average Bonchev–Trinajstić information content (AvgIpc) is 2.33. The van der Waals surface area contributed by atoms with E-state index in [-0.39, 0.29) is 6.29 Å². The van der Waals surface area contributed by atoms with Gasteiger partial charge in [-0.15, -0.1) is 0 Å². The molecule has 1 heterocycles. The Labute approximate surface area is 106 Å². The summed E-state index contributed by atoms with van der Waals surface area (Å²) in [7, 11) is 0. The zero-order valence-electron chi connectivity index (χ0n) is 11.7. The Morgan fingerprint density at radius 3 is 1.88 bits per heavy atom. The van der Waals surface area contributed by atoms with Gasteiger partial charge < -0.3 is 14.4 Å². The summed E-state index contributed by atoms with van der Waals surface area (Å²) in [6.45, 7) is 14.5. The molecule has 0 aromatic heterocycles. The highest BCUT2D eigenvalue weighted by molar-refractivity contribution is 4.72. The van der Waals surface area contributed by atoms with Gasteiger partial charge >= 0.3 is 0 Å². The summed E-state index contributed by atoms with van der Waals surface area (Å²) >= 11 is 0. The zero-order chi connectivity index (χ0) is 12.5. The first kappa shape index (κ1) is 14.9. The maximum absolute atomic E-state index is 5.58. The van der Waals surface area contributed by atoms with Crippen LogP contribution in [-0.2, 0) is 9.47 Å². The number of rotatable bonds is 8. The molecular formula is C13H28N2O2. The van der Waals surface area contributed by atoms with Gasteiger partial charge in [-0.25, -0.2) is 0 Å². The molecule has 1 saturated heterocycles. The molecule has 4 nitrogen and oxygen atoms in total. The van der Waals surface area contributed by atoms with Crippen molar-refractivity contribution in [2.75, 3.05) is 52.5 Å². The summed E-state index contributed by atoms with van der Waals surface area (Å²) in [5.41, 5.74) is 0. The predicted molar refractivity (Wildman–Crippen MR) is 70.2 cm³/mol. The third-order valence-corrected chi connectivity index (χ3v) is 3.12. The van der Waals surface area contributed by atoms with Gasteiger partial charge in [0.15, 0.2) is 6.29 Å². The molecule has 0 amide bonds. The van der Waals surface area contributed by atoms with E-state index in [4.69, 9.17) is 9.47 Å². The fraction of sp³-hybridized carbons (Fsp3) is 1.00.